The van der Waals surface area contributed by atoms with E-state index in [0.717, 1.165) is 12.1 Å². The van der Waals surface area contributed by atoms with Crippen LogP contribution in [0, 0.1) is 0 Å². The number of benzene rings is 2. The molecule has 38 heavy (non-hydrogen) atoms. The Labute approximate surface area is 217 Å². The molecule has 2 aliphatic carbocycles. The summed E-state index contributed by atoms with van der Waals surface area (Å²) in [6, 6.07) is 6.43. The summed E-state index contributed by atoms with van der Waals surface area (Å²) < 4.78 is 45.6. The van der Waals surface area contributed by atoms with Crippen LogP contribution in [0.2, 0.25) is 0 Å². The van der Waals surface area contributed by atoms with Gasteiger partial charge < -0.3 is 19.8 Å². The number of hydrogen-bond donors (Lipinski definition) is 2. The van der Waals surface area contributed by atoms with Crippen molar-refractivity contribution in [1.82, 2.24) is 9.80 Å². The highest BCUT2D eigenvalue weighted by Crippen LogP contribution is 2.65. The number of aromatic hydroxyl groups is 1. The van der Waals surface area contributed by atoms with Gasteiger partial charge >= 0.3 is 6.18 Å². The molecule has 2 aromatic rings. The highest BCUT2D eigenvalue weighted by Gasteiger charge is 2.75. The number of halogens is 3. The molecule has 2 N–H and O–H groups in total. The number of hydrogen-bond acceptors (Lipinski definition) is 6. The average Bonchev–Trinajstić information content (AvgIpc) is 3.22. The number of ketones is 1. The van der Waals surface area contributed by atoms with E-state index in [9.17, 15) is 33.0 Å². The summed E-state index contributed by atoms with van der Waals surface area (Å²) in [5.41, 5.74) is -2.07. The van der Waals surface area contributed by atoms with Crippen LogP contribution in [0.4, 0.5) is 13.2 Å². The monoisotopic (exact) mass is 528 g/mol. The van der Waals surface area contributed by atoms with Gasteiger partial charge in [-0.05, 0) is 68.8 Å². The third-order valence-electron chi connectivity index (χ3n) is 9.00. The molecule has 1 amide bonds. The quantitative estimate of drug-likeness (QED) is 0.594. The first kappa shape index (κ1) is 24.9. The molecule has 2 bridgehead atoms. The Kier molecular flexibility index (Phi) is 5.29. The Balaban J connectivity index is 1.36. The van der Waals surface area contributed by atoms with Crippen molar-refractivity contribution in [2.75, 3.05) is 20.6 Å². The molecule has 1 saturated heterocycles. The minimum atomic E-state index is -4.49. The number of ether oxygens (including phenoxy) is 1. The van der Waals surface area contributed by atoms with E-state index in [-0.39, 0.29) is 29.3 Å². The van der Waals surface area contributed by atoms with Crippen LogP contribution in [0.15, 0.2) is 42.5 Å². The van der Waals surface area contributed by atoms with Gasteiger partial charge in [-0.3, -0.25) is 14.5 Å². The molecule has 7 nitrogen and oxygen atoms in total. The van der Waals surface area contributed by atoms with Crippen LogP contribution in [0.5, 0.6) is 11.5 Å². The van der Waals surface area contributed by atoms with Crippen molar-refractivity contribution in [1.29, 1.82) is 0 Å². The number of amides is 1. The molecule has 5 atom stereocenters. The third-order valence-corrected chi connectivity index (χ3v) is 9.00. The lowest BCUT2D eigenvalue weighted by atomic mass is 9.48. The lowest BCUT2D eigenvalue weighted by molar-refractivity contribution is -0.184. The van der Waals surface area contributed by atoms with Crippen LogP contribution in [0.25, 0.3) is 6.08 Å². The highest BCUT2D eigenvalue weighted by molar-refractivity contribution is 6.06. The van der Waals surface area contributed by atoms with Crippen molar-refractivity contribution in [3.8, 4) is 11.5 Å². The fourth-order valence-corrected chi connectivity index (χ4v) is 7.26. The lowest BCUT2D eigenvalue weighted by Crippen LogP contribution is -2.79. The number of nitrogens with zero attached hydrogens (tertiary/aromatic N) is 2. The molecule has 2 unspecified atom stereocenters. The van der Waals surface area contributed by atoms with Crippen molar-refractivity contribution in [3.63, 3.8) is 0 Å². The molecular formula is C28H27F3N2O5. The first-order valence-electron chi connectivity index (χ1n) is 12.5. The molecule has 10 heteroatoms. The van der Waals surface area contributed by atoms with Crippen molar-refractivity contribution in [2.24, 2.45) is 0 Å². The van der Waals surface area contributed by atoms with Crippen molar-refractivity contribution in [3.05, 3.63) is 64.7 Å². The Bertz CT molecular complexity index is 1390. The molecule has 1 spiro atoms. The molecule has 6 rings (SSSR count). The number of carbonyl (C=O) groups is 2. The molecule has 2 aliphatic heterocycles. The van der Waals surface area contributed by atoms with Gasteiger partial charge in [0.25, 0.3) is 0 Å². The van der Waals surface area contributed by atoms with Gasteiger partial charge in [0.15, 0.2) is 17.3 Å². The number of likely N-dealkylation sites (N-methyl/N-ethyl adjacent to an activating group) is 2. The van der Waals surface area contributed by atoms with E-state index in [1.54, 1.807) is 13.1 Å². The van der Waals surface area contributed by atoms with Crippen LogP contribution in [0.3, 0.4) is 0 Å². The summed E-state index contributed by atoms with van der Waals surface area (Å²) in [5.74, 6) is -0.598. The fourth-order valence-electron chi connectivity index (χ4n) is 7.26. The van der Waals surface area contributed by atoms with E-state index in [2.05, 4.69) is 0 Å². The topological polar surface area (TPSA) is 90.3 Å². The predicted octanol–water partition coefficient (Wildman–Crippen LogP) is 3.38. The summed E-state index contributed by atoms with van der Waals surface area (Å²) in [6.45, 7) is 0.521. The van der Waals surface area contributed by atoms with Gasteiger partial charge in [0.1, 0.15) is 17.7 Å². The lowest BCUT2D eigenvalue weighted by Gasteiger charge is -2.63. The average molecular weight is 529 g/mol. The first-order chi connectivity index (χ1) is 17.9. The zero-order valence-corrected chi connectivity index (χ0v) is 20.8. The number of piperidine rings is 1. The van der Waals surface area contributed by atoms with Gasteiger partial charge in [0.2, 0.25) is 5.91 Å². The second kappa shape index (κ2) is 8.07. The summed E-state index contributed by atoms with van der Waals surface area (Å²) in [4.78, 5) is 30.1. The van der Waals surface area contributed by atoms with Gasteiger partial charge in [0.05, 0.1) is 17.0 Å². The van der Waals surface area contributed by atoms with E-state index in [1.165, 1.54) is 35.3 Å². The standard InChI is InChI=1S/C28H27F3N2O5/c1-32-13-12-26-21-17-7-8-19(34)23(21)38-25(26)18(10-11-27(26,37)24(32)22(17)36)33(2)20(35)9-6-15-4-3-5-16(14-15)28(29,30)31/h3-9,14,18,24-25,34,37H,10-13H2,1-2H3/b9-6+/t18?,24-,25?,26+,27-/m1/s1. The van der Waals surface area contributed by atoms with E-state index in [4.69, 9.17) is 4.74 Å². The van der Waals surface area contributed by atoms with Gasteiger partial charge in [0, 0.05) is 24.3 Å². The summed E-state index contributed by atoms with van der Waals surface area (Å²) >= 11 is 0. The third kappa shape index (κ3) is 3.16. The summed E-state index contributed by atoms with van der Waals surface area (Å²) in [7, 11) is 3.41. The number of carbonyl (C=O) groups excluding carboxylic acids is 2. The Morgan fingerprint density at radius 2 is 2.00 bits per heavy atom. The normalized spacial score (nSPS) is 31.7. The number of likely N-dealkylation sites (tertiary alicyclic amines) is 1. The molecule has 0 aromatic heterocycles. The number of alkyl halides is 3. The van der Waals surface area contributed by atoms with E-state index >= 15 is 0 Å². The van der Waals surface area contributed by atoms with Crippen LogP contribution in [-0.2, 0) is 16.4 Å². The number of aliphatic hydroxyl groups is 1. The summed E-state index contributed by atoms with van der Waals surface area (Å²) in [6.07, 6.45) is -1.60. The SMILES string of the molecule is CN(C(=O)/C=C/c1cccc(C(F)(F)F)c1)C1CC[C@@]2(O)[C@H]3C(=O)c4ccc(O)c5c4[C@@]2(CCN3C)C1O5. The fraction of sp³-hybridized carbons (Fsp3) is 0.429. The maximum atomic E-state index is 13.5. The maximum absolute atomic E-state index is 13.5. The molecule has 2 heterocycles. The van der Waals surface area contributed by atoms with Crippen LogP contribution in [-0.4, -0.2) is 76.1 Å². The molecule has 2 fully saturated rings. The summed E-state index contributed by atoms with van der Waals surface area (Å²) in [5, 5.41) is 22.8. The second-order valence-electron chi connectivity index (χ2n) is 10.8. The molecule has 0 radical (unpaired) electrons. The van der Waals surface area contributed by atoms with Gasteiger partial charge in [-0.2, -0.15) is 13.2 Å². The second-order valence-corrected chi connectivity index (χ2v) is 10.8. The Morgan fingerprint density at radius 3 is 2.74 bits per heavy atom. The van der Waals surface area contributed by atoms with E-state index in [0.29, 0.717) is 30.5 Å². The van der Waals surface area contributed by atoms with E-state index in [1.807, 2.05) is 11.9 Å². The van der Waals surface area contributed by atoms with Crippen LogP contribution in [0.1, 0.15) is 46.3 Å². The Morgan fingerprint density at radius 1 is 1.24 bits per heavy atom. The maximum Gasteiger partial charge on any atom is 0.416 e. The predicted molar refractivity (Wildman–Crippen MR) is 131 cm³/mol. The zero-order chi connectivity index (χ0) is 27.2. The molecule has 4 aliphatic rings. The molecule has 2 aromatic carbocycles. The van der Waals surface area contributed by atoms with Crippen LogP contribution < -0.4 is 4.74 Å². The smallest absolute Gasteiger partial charge is 0.416 e. The van der Waals surface area contributed by atoms with Crippen molar-refractivity contribution < 1.29 is 37.7 Å². The van der Waals surface area contributed by atoms with Crippen LogP contribution >= 0.6 is 0 Å². The Hall–Kier alpha value is -3.37. The zero-order valence-electron chi connectivity index (χ0n) is 20.8. The number of Topliss-reactive ketones (excluding diaryl/α,β-unsaturated/α-hetero) is 1. The number of rotatable bonds is 3. The largest absolute Gasteiger partial charge is 0.504 e. The number of phenols is 1. The highest BCUT2D eigenvalue weighted by atomic mass is 19.4. The first-order valence-corrected chi connectivity index (χ1v) is 12.5. The van der Waals surface area contributed by atoms with E-state index < -0.39 is 46.9 Å². The van der Waals surface area contributed by atoms with Gasteiger partial charge in [-0.1, -0.05) is 12.1 Å². The molecule has 1 saturated carbocycles. The number of phenolic OH excluding ortho intramolecular Hbond substituents is 1. The van der Waals surface area contributed by atoms with Crippen molar-refractivity contribution in [2.45, 2.75) is 54.6 Å². The minimum absolute atomic E-state index is 0.128. The van der Waals surface area contributed by atoms with Gasteiger partial charge in [-0.25, -0.2) is 0 Å². The van der Waals surface area contributed by atoms with Crippen molar-refractivity contribution >= 4 is 17.8 Å². The molecule has 200 valence electrons. The minimum Gasteiger partial charge on any atom is -0.504 e. The molecular weight excluding hydrogens is 501 g/mol. The van der Waals surface area contributed by atoms with Gasteiger partial charge in [-0.15, -0.1) is 0 Å².